The molecule has 2 N–H and O–H groups in total. The van der Waals surface area contributed by atoms with E-state index in [0.29, 0.717) is 10.9 Å². The summed E-state index contributed by atoms with van der Waals surface area (Å²) in [5.41, 5.74) is 0.863. The number of pyridine rings is 2. The first kappa shape index (κ1) is 9.39. The summed E-state index contributed by atoms with van der Waals surface area (Å²) in [6.45, 7) is 0. The Morgan fingerprint density at radius 3 is 2.79 bits per heavy atom. The molecule has 2 aromatic heterocycles. The van der Waals surface area contributed by atoms with Crippen LogP contribution in [-0.2, 0) is 0 Å². The van der Waals surface area contributed by atoms with Gasteiger partial charge in [0.25, 0.3) is 0 Å². The zero-order chi connectivity index (χ0) is 10.1. The van der Waals surface area contributed by atoms with Gasteiger partial charge < -0.3 is 10.0 Å². The van der Waals surface area contributed by atoms with Crippen LogP contribution in [0.2, 0.25) is 5.02 Å². The molecule has 0 amide bonds. The molecule has 2 heterocycles. The van der Waals surface area contributed by atoms with Crippen molar-refractivity contribution in [2.45, 2.75) is 0 Å². The van der Waals surface area contributed by atoms with Gasteiger partial charge in [-0.25, -0.2) is 0 Å². The molecule has 0 fully saturated rings. The van der Waals surface area contributed by atoms with E-state index in [1.807, 2.05) is 0 Å². The zero-order valence-corrected chi connectivity index (χ0v) is 7.81. The minimum atomic E-state index is -1.61. The zero-order valence-electron chi connectivity index (χ0n) is 7.05. The second-order valence-electron chi connectivity index (χ2n) is 2.79. The highest BCUT2D eigenvalue weighted by atomic mass is 35.5. The molecule has 70 valence electrons. The average molecular weight is 208 g/mol. The lowest BCUT2D eigenvalue weighted by atomic mass is 9.81. The average Bonchev–Trinajstić information content (AvgIpc) is 2.18. The summed E-state index contributed by atoms with van der Waals surface area (Å²) in [5, 5.41) is 18.8. The van der Waals surface area contributed by atoms with Gasteiger partial charge in [-0.2, -0.15) is 0 Å². The lowest BCUT2D eigenvalue weighted by Gasteiger charge is -2.04. The maximum atomic E-state index is 8.97. The van der Waals surface area contributed by atoms with E-state index in [1.54, 1.807) is 12.3 Å². The van der Waals surface area contributed by atoms with Gasteiger partial charge in [0, 0.05) is 29.4 Å². The van der Waals surface area contributed by atoms with Crippen LogP contribution in [0, 0.1) is 0 Å². The van der Waals surface area contributed by atoms with Crippen LogP contribution in [0.1, 0.15) is 0 Å². The van der Waals surface area contributed by atoms with Crippen molar-refractivity contribution >= 4 is 35.1 Å². The van der Waals surface area contributed by atoms with Crippen molar-refractivity contribution < 1.29 is 10.0 Å². The topological polar surface area (TPSA) is 66.2 Å². The van der Waals surface area contributed by atoms with Crippen molar-refractivity contribution in [2.75, 3.05) is 0 Å². The van der Waals surface area contributed by atoms with Crippen molar-refractivity contribution in [1.82, 2.24) is 9.97 Å². The summed E-state index contributed by atoms with van der Waals surface area (Å²) in [6.07, 6.45) is 4.48. The van der Waals surface area contributed by atoms with E-state index < -0.39 is 7.12 Å². The Morgan fingerprint density at radius 2 is 2.07 bits per heavy atom. The van der Waals surface area contributed by atoms with Gasteiger partial charge in [-0.15, -0.1) is 0 Å². The molecule has 0 aromatic carbocycles. The molecule has 0 spiro atoms. The van der Waals surface area contributed by atoms with Gasteiger partial charge in [-0.3, -0.25) is 9.97 Å². The summed E-state index contributed by atoms with van der Waals surface area (Å²) in [4.78, 5) is 7.91. The van der Waals surface area contributed by atoms with E-state index in [9.17, 15) is 0 Å². The maximum absolute atomic E-state index is 8.97. The maximum Gasteiger partial charge on any atom is 0.491 e. The highest BCUT2D eigenvalue weighted by Gasteiger charge is 2.17. The first-order chi connectivity index (χ1) is 6.70. The van der Waals surface area contributed by atoms with Gasteiger partial charge in [0.05, 0.1) is 10.5 Å². The molecular formula is C8H6BClN2O2. The lowest BCUT2D eigenvalue weighted by Crippen LogP contribution is -2.31. The van der Waals surface area contributed by atoms with Crippen LogP contribution < -0.4 is 5.46 Å². The largest absolute Gasteiger partial charge is 0.491 e. The highest BCUT2D eigenvalue weighted by Crippen LogP contribution is 2.18. The minimum absolute atomic E-state index is 0.187. The second kappa shape index (κ2) is 3.53. The molecule has 0 unspecified atom stereocenters. The summed E-state index contributed by atoms with van der Waals surface area (Å²) in [6, 6.07) is 1.70. The number of aromatic nitrogens is 2. The quantitative estimate of drug-likeness (QED) is 0.646. The molecule has 0 bridgehead atoms. The van der Waals surface area contributed by atoms with Gasteiger partial charge in [0.2, 0.25) is 0 Å². The number of hydrogen-bond acceptors (Lipinski definition) is 4. The Kier molecular flexibility index (Phi) is 2.37. The molecule has 6 heteroatoms. The van der Waals surface area contributed by atoms with E-state index in [1.165, 1.54) is 12.4 Å². The first-order valence-electron chi connectivity index (χ1n) is 3.94. The lowest BCUT2D eigenvalue weighted by molar-refractivity contribution is 0.425. The summed E-state index contributed by atoms with van der Waals surface area (Å²) in [5.74, 6) is 0. The summed E-state index contributed by atoms with van der Waals surface area (Å²) in [7, 11) is -1.61. The Hall–Kier alpha value is -1.17. The molecule has 2 aromatic rings. The first-order valence-corrected chi connectivity index (χ1v) is 4.32. The third-order valence-electron chi connectivity index (χ3n) is 1.91. The Bertz CT molecular complexity index is 478. The van der Waals surface area contributed by atoms with Gasteiger partial charge in [-0.05, 0) is 6.07 Å². The number of nitrogens with zero attached hydrogens (tertiary/aromatic N) is 2. The molecule has 14 heavy (non-hydrogen) atoms. The van der Waals surface area contributed by atoms with Crippen LogP contribution in [0.25, 0.3) is 10.9 Å². The van der Waals surface area contributed by atoms with Crippen LogP contribution in [0.5, 0.6) is 0 Å². The SMILES string of the molecule is OB(O)c1cnc2ccncc2c1Cl. The number of halogens is 1. The Morgan fingerprint density at radius 1 is 1.29 bits per heavy atom. The minimum Gasteiger partial charge on any atom is -0.423 e. The molecule has 4 nitrogen and oxygen atoms in total. The highest BCUT2D eigenvalue weighted by molar-refractivity contribution is 6.63. The molecule has 0 aliphatic rings. The smallest absolute Gasteiger partial charge is 0.423 e. The van der Waals surface area contributed by atoms with Crippen molar-refractivity contribution in [2.24, 2.45) is 0 Å². The standard InChI is InChI=1S/C8H6BClN2O2/c10-8-5-3-11-2-1-7(5)12-4-6(8)9(13)14/h1-4,13-14H. The van der Waals surface area contributed by atoms with Gasteiger partial charge in [-0.1, -0.05) is 11.6 Å². The summed E-state index contributed by atoms with van der Waals surface area (Å²) < 4.78 is 0. The van der Waals surface area contributed by atoms with E-state index in [2.05, 4.69) is 9.97 Å². The monoisotopic (exact) mass is 208 g/mol. The van der Waals surface area contributed by atoms with Gasteiger partial charge >= 0.3 is 7.12 Å². The second-order valence-corrected chi connectivity index (χ2v) is 3.17. The van der Waals surface area contributed by atoms with Crippen LogP contribution in [0.4, 0.5) is 0 Å². The van der Waals surface area contributed by atoms with Gasteiger partial charge in [0.1, 0.15) is 0 Å². The van der Waals surface area contributed by atoms with Crippen molar-refractivity contribution in [1.29, 1.82) is 0 Å². The molecule has 2 rings (SSSR count). The van der Waals surface area contributed by atoms with Crippen molar-refractivity contribution in [3.05, 3.63) is 29.7 Å². The third kappa shape index (κ3) is 1.46. The molecule has 0 atom stereocenters. The normalized spacial score (nSPS) is 10.5. The van der Waals surface area contributed by atoms with E-state index >= 15 is 0 Å². The van der Waals surface area contributed by atoms with Crippen LogP contribution in [0.3, 0.4) is 0 Å². The predicted molar refractivity (Wildman–Crippen MR) is 54.4 cm³/mol. The van der Waals surface area contributed by atoms with E-state index in [0.717, 1.165) is 0 Å². The molecule has 0 saturated carbocycles. The third-order valence-corrected chi connectivity index (χ3v) is 2.33. The van der Waals surface area contributed by atoms with Crippen LogP contribution in [-0.4, -0.2) is 27.1 Å². The van der Waals surface area contributed by atoms with Crippen molar-refractivity contribution in [3.8, 4) is 0 Å². The fraction of sp³-hybridized carbons (Fsp3) is 0. The Balaban J connectivity index is 2.75. The van der Waals surface area contributed by atoms with E-state index in [-0.39, 0.29) is 10.5 Å². The number of hydrogen-bond donors (Lipinski definition) is 2. The van der Waals surface area contributed by atoms with Crippen molar-refractivity contribution in [3.63, 3.8) is 0 Å². The van der Waals surface area contributed by atoms with Gasteiger partial charge in [0.15, 0.2) is 0 Å². The van der Waals surface area contributed by atoms with E-state index in [4.69, 9.17) is 21.6 Å². The number of fused-ring (bicyclic) bond motifs is 1. The molecule has 0 aliphatic heterocycles. The summed E-state index contributed by atoms with van der Waals surface area (Å²) >= 11 is 5.94. The van der Waals surface area contributed by atoms with Crippen LogP contribution >= 0.6 is 11.6 Å². The fourth-order valence-electron chi connectivity index (χ4n) is 1.20. The fourth-order valence-corrected chi connectivity index (χ4v) is 1.49. The van der Waals surface area contributed by atoms with Crippen LogP contribution in [0.15, 0.2) is 24.7 Å². The molecule has 0 aliphatic carbocycles. The molecule has 0 saturated heterocycles. The molecule has 0 radical (unpaired) electrons. The Labute approximate surface area is 85.3 Å². The molecular weight excluding hydrogens is 202 g/mol. The predicted octanol–water partition coefficient (Wildman–Crippen LogP) is -0.0370. The number of rotatable bonds is 1.